The molecule has 19 heavy (non-hydrogen) atoms. The Hall–Kier alpha value is -1.71. The average molecular weight is 260 g/mol. The number of anilines is 2. The molecule has 0 aromatic heterocycles. The van der Waals surface area contributed by atoms with Gasteiger partial charge in [0.25, 0.3) is 0 Å². The highest BCUT2D eigenvalue weighted by atomic mass is 16.5. The van der Waals surface area contributed by atoms with Crippen LogP contribution in [0.1, 0.15) is 38.5 Å². The van der Waals surface area contributed by atoms with E-state index in [1.165, 1.54) is 12.8 Å². The van der Waals surface area contributed by atoms with Gasteiger partial charge in [0.15, 0.2) is 0 Å². The molecule has 1 spiro atoms. The van der Waals surface area contributed by atoms with Gasteiger partial charge in [-0.15, -0.1) is 0 Å². The summed E-state index contributed by atoms with van der Waals surface area (Å²) in [6.45, 7) is 0. The van der Waals surface area contributed by atoms with Crippen LogP contribution in [0.5, 0.6) is 5.75 Å². The smallest absolute Gasteiger partial charge is 0.250 e. The van der Waals surface area contributed by atoms with Crippen LogP contribution in [0.3, 0.4) is 0 Å². The van der Waals surface area contributed by atoms with Crippen LogP contribution < -0.4 is 15.4 Å². The highest BCUT2D eigenvalue weighted by Gasteiger charge is 2.41. The molecule has 1 amide bonds. The minimum atomic E-state index is -0.421. The van der Waals surface area contributed by atoms with E-state index in [1.54, 1.807) is 7.11 Å². The molecular weight excluding hydrogens is 240 g/mol. The molecule has 2 aliphatic rings. The molecule has 4 heteroatoms. The number of ether oxygens (including phenoxy) is 1. The van der Waals surface area contributed by atoms with Gasteiger partial charge in [0.1, 0.15) is 11.3 Å². The van der Waals surface area contributed by atoms with Crippen molar-refractivity contribution in [3.8, 4) is 5.75 Å². The lowest BCUT2D eigenvalue weighted by atomic mass is 9.87. The molecule has 1 heterocycles. The second kappa shape index (κ2) is 4.76. The molecule has 0 radical (unpaired) electrons. The van der Waals surface area contributed by atoms with E-state index >= 15 is 0 Å². The molecule has 102 valence electrons. The lowest BCUT2D eigenvalue weighted by Gasteiger charge is -2.38. The van der Waals surface area contributed by atoms with Gasteiger partial charge < -0.3 is 15.4 Å². The van der Waals surface area contributed by atoms with Gasteiger partial charge >= 0.3 is 0 Å². The Labute approximate surface area is 113 Å². The van der Waals surface area contributed by atoms with Gasteiger partial charge in [-0.1, -0.05) is 25.7 Å². The van der Waals surface area contributed by atoms with Gasteiger partial charge in [-0.3, -0.25) is 4.79 Å². The molecule has 0 atom stereocenters. The minimum absolute atomic E-state index is 0.118. The first-order chi connectivity index (χ1) is 9.23. The summed E-state index contributed by atoms with van der Waals surface area (Å²) < 4.78 is 5.25. The topological polar surface area (TPSA) is 50.4 Å². The predicted octanol–water partition coefficient (Wildman–Crippen LogP) is 3.15. The number of hydrogen-bond acceptors (Lipinski definition) is 3. The molecular formula is C15H20N2O2. The lowest BCUT2D eigenvalue weighted by Crippen LogP contribution is -2.52. The SMILES string of the molecule is COc1ccc2c(c1)NC1(CCCCCC1)C(=O)N2. The highest BCUT2D eigenvalue weighted by Crippen LogP contribution is 2.39. The normalized spacial score (nSPS) is 21.0. The van der Waals surface area contributed by atoms with E-state index < -0.39 is 5.54 Å². The number of benzene rings is 1. The maximum absolute atomic E-state index is 12.4. The molecule has 1 aliphatic carbocycles. The van der Waals surface area contributed by atoms with Crippen molar-refractivity contribution in [2.45, 2.75) is 44.1 Å². The first-order valence-electron chi connectivity index (χ1n) is 7.01. The zero-order valence-electron chi connectivity index (χ0n) is 11.3. The highest BCUT2D eigenvalue weighted by molar-refractivity contribution is 6.06. The van der Waals surface area contributed by atoms with Gasteiger partial charge in [0.05, 0.1) is 18.5 Å². The van der Waals surface area contributed by atoms with Gasteiger partial charge in [-0.25, -0.2) is 0 Å². The summed E-state index contributed by atoms with van der Waals surface area (Å²) in [5, 5.41) is 6.53. The number of hydrogen-bond donors (Lipinski definition) is 2. The lowest BCUT2D eigenvalue weighted by molar-refractivity contribution is -0.121. The summed E-state index contributed by atoms with van der Waals surface area (Å²) in [4.78, 5) is 12.4. The summed E-state index contributed by atoms with van der Waals surface area (Å²) >= 11 is 0. The third kappa shape index (κ3) is 2.15. The van der Waals surface area contributed by atoms with E-state index in [0.29, 0.717) is 0 Å². The zero-order chi connectivity index (χ0) is 13.3. The number of nitrogens with one attached hydrogen (secondary N) is 2. The van der Waals surface area contributed by atoms with Crippen LogP contribution in [-0.4, -0.2) is 18.6 Å². The van der Waals surface area contributed by atoms with Crippen molar-refractivity contribution in [3.05, 3.63) is 18.2 Å². The molecule has 0 saturated heterocycles. The minimum Gasteiger partial charge on any atom is -0.497 e. The first-order valence-corrected chi connectivity index (χ1v) is 7.01. The number of amides is 1. The average Bonchev–Trinajstić information content (AvgIpc) is 2.66. The molecule has 0 bridgehead atoms. The Bertz CT molecular complexity index is 491. The third-order valence-electron chi connectivity index (χ3n) is 4.24. The van der Waals surface area contributed by atoms with E-state index in [2.05, 4.69) is 10.6 Å². The Morgan fingerprint density at radius 2 is 1.84 bits per heavy atom. The standard InChI is InChI=1S/C15H20N2O2/c1-19-11-6-7-12-13(10-11)17-15(14(18)16-12)8-4-2-3-5-9-15/h6-7,10,17H,2-5,8-9H2,1H3,(H,16,18). The van der Waals surface area contributed by atoms with Crippen LogP contribution in [0.15, 0.2) is 18.2 Å². The predicted molar refractivity (Wildman–Crippen MR) is 75.7 cm³/mol. The van der Waals surface area contributed by atoms with Crippen molar-refractivity contribution in [2.75, 3.05) is 17.7 Å². The number of methoxy groups -OCH3 is 1. The number of carbonyl (C=O) groups excluding carboxylic acids is 1. The summed E-state index contributed by atoms with van der Waals surface area (Å²) in [5.74, 6) is 0.929. The summed E-state index contributed by atoms with van der Waals surface area (Å²) in [6.07, 6.45) is 6.49. The van der Waals surface area contributed by atoms with Crippen LogP contribution in [0.25, 0.3) is 0 Å². The Morgan fingerprint density at radius 3 is 2.53 bits per heavy atom. The Balaban J connectivity index is 1.94. The van der Waals surface area contributed by atoms with Crippen LogP contribution >= 0.6 is 0 Å². The van der Waals surface area contributed by atoms with E-state index in [9.17, 15) is 4.79 Å². The van der Waals surface area contributed by atoms with Crippen molar-refractivity contribution >= 4 is 17.3 Å². The fraction of sp³-hybridized carbons (Fsp3) is 0.533. The van der Waals surface area contributed by atoms with E-state index in [-0.39, 0.29) is 5.91 Å². The zero-order valence-corrected chi connectivity index (χ0v) is 11.3. The van der Waals surface area contributed by atoms with Gasteiger partial charge in [0, 0.05) is 6.07 Å². The van der Waals surface area contributed by atoms with Gasteiger partial charge in [-0.05, 0) is 25.0 Å². The Kier molecular flexibility index (Phi) is 3.09. The van der Waals surface area contributed by atoms with Crippen molar-refractivity contribution in [1.29, 1.82) is 0 Å². The first kappa shape index (κ1) is 12.3. The van der Waals surface area contributed by atoms with Crippen LogP contribution in [0.2, 0.25) is 0 Å². The van der Waals surface area contributed by atoms with E-state index in [4.69, 9.17) is 4.74 Å². The summed E-state index contributed by atoms with van der Waals surface area (Å²) in [5.41, 5.74) is 1.40. The maximum atomic E-state index is 12.4. The molecule has 1 fully saturated rings. The Morgan fingerprint density at radius 1 is 1.11 bits per heavy atom. The van der Waals surface area contributed by atoms with Crippen LogP contribution in [-0.2, 0) is 4.79 Å². The fourth-order valence-electron chi connectivity index (χ4n) is 3.10. The largest absolute Gasteiger partial charge is 0.497 e. The van der Waals surface area contributed by atoms with Crippen molar-refractivity contribution in [1.82, 2.24) is 0 Å². The van der Waals surface area contributed by atoms with Gasteiger partial charge in [-0.2, -0.15) is 0 Å². The molecule has 0 unspecified atom stereocenters. The third-order valence-corrected chi connectivity index (χ3v) is 4.24. The fourth-order valence-corrected chi connectivity index (χ4v) is 3.10. The molecule has 2 N–H and O–H groups in total. The molecule has 4 nitrogen and oxygen atoms in total. The van der Waals surface area contributed by atoms with Crippen molar-refractivity contribution in [3.63, 3.8) is 0 Å². The summed E-state index contributed by atoms with van der Waals surface area (Å²) in [7, 11) is 1.66. The van der Waals surface area contributed by atoms with Crippen molar-refractivity contribution in [2.24, 2.45) is 0 Å². The second-order valence-corrected chi connectivity index (χ2v) is 5.49. The van der Waals surface area contributed by atoms with Gasteiger partial charge in [0.2, 0.25) is 5.91 Å². The maximum Gasteiger partial charge on any atom is 0.250 e. The van der Waals surface area contributed by atoms with Crippen LogP contribution in [0, 0.1) is 0 Å². The number of carbonyl (C=O) groups is 1. The monoisotopic (exact) mass is 260 g/mol. The number of fused-ring (bicyclic) bond motifs is 1. The van der Waals surface area contributed by atoms with E-state index in [0.717, 1.165) is 42.8 Å². The number of rotatable bonds is 1. The second-order valence-electron chi connectivity index (χ2n) is 5.49. The summed E-state index contributed by atoms with van der Waals surface area (Å²) in [6, 6.07) is 5.72. The molecule has 1 saturated carbocycles. The van der Waals surface area contributed by atoms with Crippen LogP contribution in [0.4, 0.5) is 11.4 Å². The molecule has 1 aromatic rings. The molecule has 1 aliphatic heterocycles. The van der Waals surface area contributed by atoms with E-state index in [1.807, 2.05) is 18.2 Å². The van der Waals surface area contributed by atoms with Crippen molar-refractivity contribution < 1.29 is 9.53 Å². The quantitative estimate of drug-likeness (QED) is 0.815. The molecule has 1 aromatic carbocycles. The molecule has 3 rings (SSSR count).